The maximum Gasteiger partial charge on any atom is 0.323 e. The molecule has 0 spiro atoms. The molecular weight excluding hydrogens is 261 g/mol. The molecule has 4 nitrogen and oxygen atoms in total. The van der Waals surface area contributed by atoms with Crippen LogP contribution in [-0.2, 0) is 9.53 Å². The van der Waals surface area contributed by atoms with E-state index in [1.54, 1.807) is 0 Å². The Morgan fingerprint density at radius 3 is 3.00 bits per heavy atom. The first kappa shape index (κ1) is 13.1. The van der Waals surface area contributed by atoms with Gasteiger partial charge >= 0.3 is 5.97 Å². The van der Waals surface area contributed by atoms with Gasteiger partial charge in [0.1, 0.15) is 23.7 Å². The fourth-order valence-electron chi connectivity index (χ4n) is 1.87. The van der Waals surface area contributed by atoms with Crippen molar-refractivity contribution in [1.29, 1.82) is 0 Å². The van der Waals surface area contributed by atoms with Crippen molar-refractivity contribution in [3.05, 3.63) is 29.0 Å². The summed E-state index contributed by atoms with van der Waals surface area (Å²) in [6, 6.07) is 3.58. The molecule has 0 aliphatic carbocycles. The maximum atomic E-state index is 12.9. The van der Waals surface area contributed by atoms with Gasteiger partial charge in [-0.25, -0.2) is 4.39 Å². The molecule has 0 amide bonds. The number of carbonyl (C=O) groups excluding carboxylic acids is 1. The predicted molar refractivity (Wildman–Crippen MR) is 64.2 cm³/mol. The monoisotopic (exact) mass is 273 g/mol. The number of rotatable bonds is 3. The van der Waals surface area contributed by atoms with Gasteiger partial charge in [-0.3, -0.25) is 4.79 Å². The molecule has 2 atom stereocenters. The number of nitrogens with one attached hydrogen (secondary N) is 1. The maximum absolute atomic E-state index is 12.9. The number of methoxy groups -OCH3 is 1. The highest BCUT2D eigenvalue weighted by atomic mass is 35.5. The Hall–Kier alpha value is -1.33. The molecule has 2 rings (SSSR count). The van der Waals surface area contributed by atoms with Gasteiger partial charge in [0.15, 0.2) is 0 Å². The zero-order chi connectivity index (χ0) is 13.1. The Morgan fingerprint density at radius 1 is 1.56 bits per heavy atom. The zero-order valence-corrected chi connectivity index (χ0v) is 10.5. The molecule has 1 aliphatic heterocycles. The number of hydrogen-bond donors (Lipinski definition) is 1. The molecule has 1 N–H and O–H groups in total. The van der Waals surface area contributed by atoms with E-state index in [1.165, 1.54) is 25.3 Å². The van der Waals surface area contributed by atoms with Crippen LogP contribution in [0.2, 0.25) is 5.02 Å². The second-order valence-corrected chi connectivity index (χ2v) is 4.44. The van der Waals surface area contributed by atoms with Gasteiger partial charge in [-0.2, -0.15) is 0 Å². The molecule has 1 aliphatic rings. The van der Waals surface area contributed by atoms with Gasteiger partial charge in [-0.15, -0.1) is 0 Å². The van der Waals surface area contributed by atoms with E-state index in [-0.39, 0.29) is 23.1 Å². The van der Waals surface area contributed by atoms with Crippen molar-refractivity contribution < 1.29 is 18.7 Å². The lowest BCUT2D eigenvalue weighted by Crippen LogP contribution is -2.31. The minimum Gasteiger partial charge on any atom is -0.487 e. The minimum atomic E-state index is -0.413. The van der Waals surface area contributed by atoms with Crippen LogP contribution in [-0.4, -0.2) is 31.8 Å². The molecule has 1 aromatic carbocycles. The van der Waals surface area contributed by atoms with E-state index in [1.807, 2.05) is 0 Å². The van der Waals surface area contributed by atoms with Crippen LogP contribution in [0.15, 0.2) is 18.2 Å². The van der Waals surface area contributed by atoms with E-state index >= 15 is 0 Å². The molecule has 1 aromatic rings. The molecule has 1 heterocycles. The summed E-state index contributed by atoms with van der Waals surface area (Å²) in [5.41, 5.74) is 0. The highest BCUT2D eigenvalue weighted by molar-refractivity contribution is 6.32. The lowest BCUT2D eigenvalue weighted by molar-refractivity contribution is -0.142. The minimum absolute atomic E-state index is 0.183. The molecular formula is C12H13ClFNO3. The van der Waals surface area contributed by atoms with Crippen molar-refractivity contribution in [3.63, 3.8) is 0 Å². The Morgan fingerprint density at radius 2 is 2.33 bits per heavy atom. The quantitative estimate of drug-likeness (QED) is 0.853. The van der Waals surface area contributed by atoms with E-state index in [0.717, 1.165) is 0 Å². The first-order valence-electron chi connectivity index (χ1n) is 5.53. The number of esters is 1. The molecule has 0 unspecified atom stereocenters. The summed E-state index contributed by atoms with van der Waals surface area (Å²) >= 11 is 5.86. The third-order valence-corrected chi connectivity index (χ3v) is 3.06. The fraction of sp³-hybridized carbons (Fsp3) is 0.417. The average Bonchev–Trinajstić information content (AvgIpc) is 2.80. The number of halogens is 2. The van der Waals surface area contributed by atoms with Crippen molar-refractivity contribution in [2.24, 2.45) is 0 Å². The summed E-state index contributed by atoms with van der Waals surface area (Å²) in [6.07, 6.45) is 0.317. The second-order valence-electron chi connectivity index (χ2n) is 4.03. The van der Waals surface area contributed by atoms with Gasteiger partial charge in [0.25, 0.3) is 0 Å². The van der Waals surface area contributed by atoms with Crippen molar-refractivity contribution >= 4 is 17.6 Å². The van der Waals surface area contributed by atoms with Gasteiger partial charge in [0, 0.05) is 13.0 Å². The molecule has 1 saturated heterocycles. The fourth-order valence-corrected chi connectivity index (χ4v) is 2.08. The normalized spacial score (nSPS) is 22.8. The summed E-state index contributed by atoms with van der Waals surface area (Å²) in [7, 11) is 1.34. The van der Waals surface area contributed by atoms with Crippen LogP contribution in [0.25, 0.3) is 0 Å². The number of ether oxygens (including phenoxy) is 2. The number of carbonyl (C=O) groups is 1. The number of benzene rings is 1. The number of hydrogen-bond acceptors (Lipinski definition) is 4. The summed E-state index contributed by atoms with van der Waals surface area (Å²) < 4.78 is 23.1. The Kier molecular flexibility index (Phi) is 4.04. The van der Waals surface area contributed by atoms with Gasteiger partial charge in [0.05, 0.1) is 12.1 Å². The molecule has 6 heteroatoms. The third kappa shape index (κ3) is 2.91. The van der Waals surface area contributed by atoms with Crippen LogP contribution < -0.4 is 10.1 Å². The van der Waals surface area contributed by atoms with Crippen LogP contribution >= 0.6 is 11.6 Å². The largest absolute Gasteiger partial charge is 0.487 e. The van der Waals surface area contributed by atoms with Crippen molar-refractivity contribution in [1.82, 2.24) is 5.32 Å². The lowest BCUT2D eigenvalue weighted by atomic mass is 10.2. The summed E-state index contributed by atoms with van der Waals surface area (Å²) in [5.74, 6) is -0.314. The molecule has 0 radical (unpaired) electrons. The molecule has 0 aromatic heterocycles. The first-order chi connectivity index (χ1) is 8.60. The molecule has 1 fully saturated rings. The molecule has 0 saturated carbocycles. The molecule has 98 valence electrons. The molecule has 0 bridgehead atoms. The second kappa shape index (κ2) is 5.54. The Bertz CT molecular complexity index is 455. The topological polar surface area (TPSA) is 47.6 Å². The SMILES string of the molecule is COC(=O)[C@@H]1C[C@H](Oc2ccc(F)cc2Cl)CN1. The van der Waals surface area contributed by atoms with Crippen molar-refractivity contribution in [2.45, 2.75) is 18.6 Å². The zero-order valence-electron chi connectivity index (χ0n) is 9.78. The van der Waals surface area contributed by atoms with Crippen molar-refractivity contribution in [2.75, 3.05) is 13.7 Å². The van der Waals surface area contributed by atoms with Gasteiger partial charge < -0.3 is 14.8 Å². The molecule has 18 heavy (non-hydrogen) atoms. The van der Waals surface area contributed by atoms with E-state index in [0.29, 0.717) is 18.7 Å². The van der Waals surface area contributed by atoms with Crippen LogP contribution in [0, 0.1) is 5.82 Å². The van der Waals surface area contributed by atoms with Crippen molar-refractivity contribution in [3.8, 4) is 5.75 Å². The summed E-state index contributed by atoms with van der Waals surface area (Å²) in [4.78, 5) is 11.3. The third-order valence-electron chi connectivity index (χ3n) is 2.76. The van der Waals surface area contributed by atoms with Crippen LogP contribution in [0.3, 0.4) is 0 Å². The van der Waals surface area contributed by atoms with Gasteiger partial charge in [0.2, 0.25) is 0 Å². The van der Waals surface area contributed by atoms with Gasteiger partial charge in [-0.1, -0.05) is 11.6 Å². The van der Waals surface area contributed by atoms with E-state index < -0.39 is 5.82 Å². The summed E-state index contributed by atoms with van der Waals surface area (Å²) in [6.45, 7) is 0.521. The Balaban J connectivity index is 1.97. The highest BCUT2D eigenvalue weighted by Gasteiger charge is 2.31. The van der Waals surface area contributed by atoms with E-state index in [9.17, 15) is 9.18 Å². The first-order valence-corrected chi connectivity index (χ1v) is 5.91. The Labute approximate surface area is 109 Å². The van der Waals surface area contributed by atoms with Crippen LogP contribution in [0.4, 0.5) is 4.39 Å². The van der Waals surface area contributed by atoms with Gasteiger partial charge in [-0.05, 0) is 18.2 Å². The van der Waals surface area contributed by atoms with E-state index in [2.05, 4.69) is 10.1 Å². The summed E-state index contributed by atoms with van der Waals surface area (Å²) in [5, 5.41) is 3.21. The lowest BCUT2D eigenvalue weighted by Gasteiger charge is -2.13. The standard InChI is InChI=1S/C12H13ClFNO3/c1-17-12(16)10-5-8(6-15-10)18-11-3-2-7(14)4-9(11)13/h2-4,8,10,15H,5-6H2,1H3/t8-,10-/m0/s1. The highest BCUT2D eigenvalue weighted by Crippen LogP contribution is 2.27. The van der Waals surface area contributed by atoms with Crippen LogP contribution in [0.1, 0.15) is 6.42 Å². The van der Waals surface area contributed by atoms with E-state index in [4.69, 9.17) is 16.3 Å². The smallest absolute Gasteiger partial charge is 0.323 e. The predicted octanol–water partition coefficient (Wildman–Crippen LogP) is 1.76. The van der Waals surface area contributed by atoms with Crippen LogP contribution in [0.5, 0.6) is 5.75 Å². The average molecular weight is 274 g/mol.